The first-order valence-corrected chi connectivity index (χ1v) is 6.39. The second kappa shape index (κ2) is 4.66. The van der Waals surface area contributed by atoms with E-state index >= 15 is 0 Å². The van der Waals surface area contributed by atoms with Crippen LogP contribution in [-0.2, 0) is 6.42 Å². The quantitative estimate of drug-likeness (QED) is 0.814. The molecule has 0 atom stereocenters. The summed E-state index contributed by atoms with van der Waals surface area (Å²) >= 11 is 0. The van der Waals surface area contributed by atoms with Crippen LogP contribution in [0.4, 0.5) is 0 Å². The maximum atomic E-state index is 9.78. The van der Waals surface area contributed by atoms with Crippen molar-refractivity contribution >= 4 is 11.6 Å². The minimum atomic E-state index is -0.00615. The highest BCUT2D eigenvalue weighted by Crippen LogP contribution is 2.37. The van der Waals surface area contributed by atoms with E-state index in [1.54, 1.807) is 0 Å². The number of aryl methyl sites for hydroxylation is 1. The predicted octanol–water partition coefficient (Wildman–Crippen LogP) is 3.47. The van der Waals surface area contributed by atoms with Gasteiger partial charge in [0.25, 0.3) is 0 Å². The SMILES string of the molecule is N#Cc1c(O)[nH]c2c1C(=Cc1ccccc1)CCC2. The van der Waals surface area contributed by atoms with Crippen molar-refractivity contribution in [1.82, 2.24) is 4.98 Å². The molecule has 2 N–H and O–H groups in total. The van der Waals surface area contributed by atoms with Crippen molar-refractivity contribution in [3.05, 3.63) is 52.7 Å². The van der Waals surface area contributed by atoms with E-state index in [2.05, 4.69) is 17.1 Å². The maximum absolute atomic E-state index is 9.78. The molecule has 0 radical (unpaired) electrons. The van der Waals surface area contributed by atoms with Crippen LogP contribution in [0.25, 0.3) is 11.6 Å². The topological polar surface area (TPSA) is 59.8 Å². The van der Waals surface area contributed by atoms with Gasteiger partial charge in [-0.1, -0.05) is 36.4 Å². The molecule has 0 aliphatic heterocycles. The monoisotopic (exact) mass is 250 g/mol. The van der Waals surface area contributed by atoms with Crippen LogP contribution in [0, 0.1) is 11.3 Å². The fraction of sp³-hybridized carbons (Fsp3) is 0.188. The lowest BCUT2D eigenvalue weighted by Crippen LogP contribution is -2.01. The molecule has 1 aliphatic rings. The van der Waals surface area contributed by atoms with Crippen LogP contribution in [0.3, 0.4) is 0 Å². The number of hydrogen-bond donors (Lipinski definition) is 2. The number of aromatic nitrogens is 1. The van der Waals surface area contributed by atoms with E-state index in [1.165, 1.54) is 0 Å². The van der Waals surface area contributed by atoms with Crippen LogP contribution in [-0.4, -0.2) is 10.1 Å². The average molecular weight is 250 g/mol. The first kappa shape index (κ1) is 11.6. The van der Waals surface area contributed by atoms with Crippen molar-refractivity contribution in [2.75, 3.05) is 0 Å². The lowest BCUT2D eigenvalue weighted by molar-refractivity contribution is 0.454. The van der Waals surface area contributed by atoms with Gasteiger partial charge in [0.2, 0.25) is 5.88 Å². The molecule has 0 bridgehead atoms. The summed E-state index contributed by atoms with van der Waals surface area (Å²) < 4.78 is 0. The number of allylic oxidation sites excluding steroid dienone is 1. The molecule has 1 heterocycles. The Balaban J connectivity index is 2.13. The summed E-state index contributed by atoms with van der Waals surface area (Å²) in [5.41, 5.74) is 4.49. The molecule has 2 aromatic rings. The number of nitriles is 1. The van der Waals surface area contributed by atoms with Crippen molar-refractivity contribution in [1.29, 1.82) is 5.26 Å². The molecular formula is C16H14N2O. The lowest BCUT2D eigenvalue weighted by atomic mass is 9.89. The Morgan fingerprint density at radius 2 is 2.00 bits per heavy atom. The van der Waals surface area contributed by atoms with E-state index in [9.17, 15) is 10.4 Å². The van der Waals surface area contributed by atoms with E-state index in [4.69, 9.17) is 0 Å². The van der Waals surface area contributed by atoms with Crippen LogP contribution in [0.5, 0.6) is 5.88 Å². The molecule has 1 aromatic heterocycles. The van der Waals surface area contributed by atoms with Crippen LogP contribution < -0.4 is 0 Å². The number of aromatic amines is 1. The molecule has 3 heteroatoms. The fourth-order valence-corrected chi connectivity index (χ4v) is 2.66. The number of nitrogens with one attached hydrogen (secondary N) is 1. The molecule has 0 amide bonds. The maximum Gasteiger partial charge on any atom is 0.207 e. The summed E-state index contributed by atoms with van der Waals surface area (Å²) in [6.07, 6.45) is 4.97. The number of hydrogen-bond acceptors (Lipinski definition) is 2. The second-order valence-corrected chi connectivity index (χ2v) is 4.75. The predicted molar refractivity (Wildman–Crippen MR) is 74.4 cm³/mol. The second-order valence-electron chi connectivity index (χ2n) is 4.75. The van der Waals surface area contributed by atoms with Gasteiger partial charge in [-0.05, 0) is 30.4 Å². The molecule has 19 heavy (non-hydrogen) atoms. The van der Waals surface area contributed by atoms with Crippen molar-refractivity contribution in [2.24, 2.45) is 0 Å². The first-order chi connectivity index (χ1) is 9.29. The highest BCUT2D eigenvalue weighted by atomic mass is 16.3. The Morgan fingerprint density at radius 1 is 1.21 bits per heavy atom. The van der Waals surface area contributed by atoms with E-state index < -0.39 is 0 Å². The van der Waals surface area contributed by atoms with Crippen LogP contribution in [0.2, 0.25) is 0 Å². The molecular weight excluding hydrogens is 236 g/mol. The van der Waals surface area contributed by atoms with Gasteiger partial charge in [0.15, 0.2) is 0 Å². The van der Waals surface area contributed by atoms with Crippen LogP contribution in [0.15, 0.2) is 30.3 Å². The minimum absolute atomic E-state index is 0.00615. The molecule has 0 fully saturated rings. The van der Waals surface area contributed by atoms with E-state index in [0.29, 0.717) is 5.56 Å². The Kier molecular flexibility index (Phi) is 2.85. The van der Waals surface area contributed by atoms with Gasteiger partial charge in [0.1, 0.15) is 11.6 Å². The number of benzene rings is 1. The number of rotatable bonds is 1. The fourth-order valence-electron chi connectivity index (χ4n) is 2.66. The molecule has 0 saturated heterocycles. The van der Waals surface area contributed by atoms with Crippen molar-refractivity contribution in [3.63, 3.8) is 0 Å². The van der Waals surface area contributed by atoms with E-state index in [-0.39, 0.29) is 5.88 Å². The summed E-state index contributed by atoms with van der Waals surface area (Å²) in [5.74, 6) is -0.00615. The molecule has 1 aliphatic carbocycles. The summed E-state index contributed by atoms with van der Waals surface area (Å²) in [4.78, 5) is 2.92. The zero-order valence-corrected chi connectivity index (χ0v) is 10.5. The molecule has 1 aromatic carbocycles. The van der Waals surface area contributed by atoms with Gasteiger partial charge in [-0.25, -0.2) is 0 Å². The number of fused-ring (bicyclic) bond motifs is 1. The minimum Gasteiger partial charge on any atom is -0.494 e. The third kappa shape index (κ3) is 2.02. The van der Waals surface area contributed by atoms with Crippen molar-refractivity contribution < 1.29 is 5.11 Å². The highest BCUT2D eigenvalue weighted by Gasteiger charge is 2.23. The average Bonchev–Trinajstić information content (AvgIpc) is 2.76. The van der Waals surface area contributed by atoms with E-state index in [1.807, 2.05) is 30.3 Å². The van der Waals surface area contributed by atoms with Gasteiger partial charge in [-0.2, -0.15) is 5.26 Å². The summed E-state index contributed by atoms with van der Waals surface area (Å²) in [6.45, 7) is 0. The molecule has 0 unspecified atom stereocenters. The lowest BCUT2D eigenvalue weighted by Gasteiger charge is -2.15. The molecule has 3 rings (SSSR count). The van der Waals surface area contributed by atoms with E-state index in [0.717, 1.165) is 41.7 Å². The van der Waals surface area contributed by atoms with Gasteiger partial charge < -0.3 is 10.1 Å². The van der Waals surface area contributed by atoms with Gasteiger partial charge >= 0.3 is 0 Å². The Bertz CT molecular complexity index is 675. The first-order valence-electron chi connectivity index (χ1n) is 6.39. The molecule has 0 saturated carbocycles. The van der Waals surface area contributed by atoms with Gasteiger partial charge in [0.05, 0.1) is 0 Å². The van der Waals surface area contributed by atoms with Crippen LogP contribution >= 0.6 is 0 Å². The Hall–Kier alpha value is -2.47. The third-order valence-electron chi connectivity index (χ3n) is 3.50. The smallest absolute Gasteiger partial charge is 0.207 e. The largest absolute Gasteiger partial charge is 0.494 e. The summed E-state index contributed by atoms with van der Waals surface area (Å²) in [7, 11) is 0. The van der Waals surface area contributed by atoms with Crippen LogP contribution in [0.1, 0.15) is 35.2 Å². The molecule has 3 nitrogen and oxygen atoms in total. The van der Waals surface area contributed by atoms with Gasteiger partial charge in [-0.3, -0.25) is 0 Å². The summed E-state index contributed by atoms with van der Waals surface area (Å²) in [6, 6.07) is 12.2. The third-order valence-corrected chi connectivity index (χ3v) is 3.50. The number of nitrogens with zero attached hydrogens (tertiary/aromatic N) is 1. The standard InChI is InChI=1S/C16H14N2O/c17-10-13-15-12(9-11-5-2-1-3-6-11)7-4-8-14(15)18-16(13)19/h1-3,5-6,9,18-19H,4,7-8H2. The van der Waals surface area contributed by atoms with Crippen molar-refractivity contribution in [3.8, 4) is 11.9 Å². The molecule has 94 valence electrons. The Morgan fingerprint density at radius 3 is 2.74 bits per heavy atom. The number of aromatic hydroxyl groups is 1. The van der Waals surface area contributed by atoms with Gasteiger partial charge in [0, 0.05) is 11.3 Å². The Labute approximate surface area is 111 Å². The highest BCUT2D eigenvalue weighted by molar-refractivity contribution is 5.86. The van der Waals surface area contributed by atoms with Gasteiger partial charge in [-0.15, -0.1) is 0 Å². The van der Waals surface area contributed by atoms with Crippen molar-refractivity contribution in [2.45, 2.75) is 19.3 Å². The summed E-state index contributed by atoms with van der Waals surface area (Å²) in [5, 5.41) is 19.0. The zero-order chi connectivity index (χ0) is 13.2. The zero-order valence-electron chi connectivity index (χ0n) is 10.5. The normalized spacial score (nSPS) is 16.1. The number of H-pyrrole nitrogens is 1. The molecule has 0 spiro atoms.